The van der Waals surface area contributed by atoms with Crippen LogP contribution in [0.4, 0.5) is 0 Å². The monoisotopic (exact) mass is 545 g/mol. The normalized spacial score (nSPS) is 17.2. The van der Waals surface area contributed by atoms with E-state index in [-0.39, 0.29) is 5.91 Å². The van der Waals surface area contributed by atoms with Gasteiger partial charge in [0.1, 0.15) is 11.3 Å². The predicted octanol–water partition coefficient (Wildman–Crippen LogP) is 6.07. The summed E-state index contributed by atoms with van der Waals surface area (Å²) in [5.74, 6) is 0.448. The Bertz CT molecular complexity index is 1700. The summed E-state index contributed by atoms with van der Waals surface area (Å²) in [6.07, 6.45) is 3.84. The minimum atomic E-state index is -0.213. The molecular weight excluding hydrogens is 518 g/mol. The third-order valence-electron chi connectivity index (χ3n) is 7.21. The Kier molecular flexibility index (Phi) is 6.55. The molecule has 0 saturated carbocycles. The standard InChI is InChI=1S/C32H27N5O2S/c38-31-29(40-32(33-31)36-17-15-35(16-18-36)21-23-9-3-1-4-10-23)20-25-22-37(26-12-5-2-6-13-26)34-30(25)28-19-24-11-7-8-14-27(24)39-28/h1-14,19-20,22H,15-18,21H2/b29-20-. The fourth-order valence-electron chi connectivity index (χ4n) is 5.11. The lowest BCUT2D eigenvalue weighted by molar-refractivity contribution is -0.113. The zero-order valence-electron chi connectivity index (χ0n) is 21.8. The van der Waals surface area contributed by atoms with E-state index in [2.05, 4.69) is 39.1 Å². The molecule has 1 fully saturated rings. The molecule has 1 saturated heterocycles. The van der Waals surface area contributed by atoms with Gasteiger partial charge < -0.3 is 9.32 Å². The molecule has 2 aromatic heterocycles. The van der Waals surface area contributed by atoms with Crippen LogP contribution >= 0.6 is 11.8 Å². The van der Waals surface area contributed by atoms with Crippen molar-refractivity contribution in [3.63, 3.8) is 0 Å². The van der Waals surface area contributed by atoms with Crippen molar-refractivity contribution in [1.29, 1.82) is 0 Å². The number of furan rings is 1. The first-order chi connectivity index (χ1) is 19.7. The van der Waals surface area contributed by atoms with Crippen molar-refractivity contribution in [2.24, 2.45) is 4.99 Å². The van der Waals surface area contributed by atoms with Crippen molar-refractivity contribution >= 4 is 39.9 Å². The molecule has 0 aliphatic carbocycles. The van der Waals surface area contributed by atoms with Crippen LogP contribution in [-0.2, 0) is 11.3 Å². The number of carbonyl (C=O) groups is 1. The molecule has 0 atom stereocenters. The summed E-state index contributed by atoms with van der Waals surface area (Å²) in [5.41, 5.74) is 4.54. The number of thioether (sulfide) groups is 1. The second-order valence-corrected chi connectivity index (χ2v) is 10.9. The molecule has 40 heavy (non-hydrogen) atoms. The summed E-state index contributed by atoms with van der Waals surface area (Å²) in [6.45, 7) is 4.49. The molecule has 0 N–H and O–H groups in total. The van der Waals surface area contributed by atoms with E-state index in [1.807, 2.05) is 83.7 Å². The SMILES string of the molecule is O=C1N=C(N2CCN(Cc3ccccc3)CC2)S/C1=C\c1cn(-c2ccccc2)nc1-c1cc2ccccc2o1. The van der Waals surface area contributed by atoms with Gasteiger partial charge in [-0.05, 0) is 47.7 Å². The van der Waals surface area contributed by atoms with Crippen molar-refractivity contribution in [3.8, 4) is 17.1 Å². The quantitative estimate of drug-likeness (QED) is 0.250. The van der Waals surface area contributed by atoms with E-state index in [4.69, 9.17) is 9.52 Å². The number of aromatic nitrogens is 2. The van der Waals surface area contributed by atoms with Crippen LogP contribution in [0.25, 0.3) is 34.2 Å². The van der Waals surface area contributed by atoms with Gasteiger partial charge in [-0.2, -0.15) is 10.1 Å². The molecule has 4 heterocycles. The number of aliphatic imine (C=N–C) groups is 1. The number of fused-ring (bicyclic) bond motifs is 1. The number of benzene rings is 3. The number of piperazine rings is 1. The Hall–Kier alpha value is -4.40. The Morgan fingerprint density at radius 1 is 0.875 bits per heavy atom. The maximum atomic E-state index is 13.0. The van der Waals surface area contributed by atoms with E-state index in [1.54, 1.807) is 0 Å². The van der Waals surface area contributed by atoms with Crippen LogP contribution in [0.3, 0.4) is 0 Å². The third kappa shape index (κ3) is 4.99. The molecule has 2 aliphatic heterocycles. The van der Waals surface area contributed by atoms with E-state index < -0.39 is 0 Å². The van der Waals surface area contributed by atoms with Crippen LogP contribution in [0, 0.1) is 0 Å². The summed E-state index contributed by atoms with van der Waals surface area (Å²) in [5, 5.41) is 6.65. The Labute approximate surface area is 236 Å². The van der Waals surface area contributed by atoms with Crippen molar-refractivity contribution in [3.05, 3.63) is 113 Å². The van der Waals surface area contributed by atoms with E-state index >= 15 is 0 Å². The highest BCUT2D eigenvalue weighted by molar-refractivity contribution is 8.18. The number of hydrogen-bond donors (Lipinski definition) is 0. The van der Waals surface area contributed by atoms with E-state index in [1.165, 1.54) is 17.3 Å². The van der Waals surface area contributed by atoms with Gasteiger partial charge in [0.2, 0.25) is 0 Å². The van der Waals surface area contributed by atoms with Gasteiger partial charge in [-0.25, -0.2) is 4.68 Å². The first kappa shape index (κ1) is 24.6. The van der Waals surface area contributed by atoms with Gasteiger partial charge in [0.25, 0.3) is 5.91 Å². The van der Waals surface area contributed by atoms with Crippen LogP contribution in [0.2, 0.25) is 0 Å². The van der Waals surface area contributed by atoms with Gasteiger partial charge >= 0.3 is 0 Å². The smallest absolute Gasteiger partial charge is 0.286 e. The van der Waals surface area contributed by atoms with Gasteiger partial charge in [0.05, 0.1) is 10.6 Å². The van der Waals surface area contributed by atoms with Crippen molar-refractivity contribution in [1.82, 2.24) is 19.6 Å². The zero-order chi connectivity index (χ0) is 26.9. The summed E-state index contributed by atoms with van der Waals surface area (Å²) in [4.78, 5) is 22.7. The molecule has 7 rings (SSSR count). The molecule has 2 aliphatic rings. The molecule has 0 radical (unpaired) electrons. The van der Waals surface area contributed by atoms with Crippen molar-refractivity contribution in [2.75, 3.05) is 26.2 Å². The topological polar surface area (TPSA) is 66.9 Å². The molecule has 3 aromatic carbocycles. The van der Waals surface area contributed by atoms with Crippen LogP contribution in [-0.4, -0.2) is 56.8 Å². The second kappa shape index (κ2) is 10.6. The molecular formula is C32H27N5O2S. The van der Waals surface area contributed by atoms with Crippen molar-refractivity contribution < 1.29 is 9.21 Å². The molecule has 8 heteroatoms. The summed E-state index contributed by atoms with van der Waals surface area (Å²) < 4.78 is 7.99. The molecule has 0 bridgehead atoms. The number of amides is 1. The largest absolute Gasteiger partial charge is 0.454 e. The van der Waals surface area contributed by atoms with E-state index in [0.29, 0.717) is 16.4 Å². The van der Waals surface area contributed by atoms with Crippen LogP contribution < -0.4 is 0 Å². The fraction of sp³-hybridized carbons (Fsp3) is 0.156. The molecule has 7 nitrogen and oxygen atoms in total. The lowest BCUT2D eigenvalue weighted by Gasteiger charge is -2.35. The fourth-order valence-corrected chi connectivity index (χ4v) is 6.07. The van der Waals surface area contributed by atoms with Gasteiger partial charge in [-0.15, -0.1) is 0 Å². The zero-order valence-corrected chi connectivity index (χ0v) is 22.6. The number of rotatable bonds is 5. The number of amidine groups is 1. The lowest BCUT2D eigenvalue weighted by Crippen LogP contribution is -2.47. The maximum Gasteiger partial charge on any atom is 0.286 e. The number of hydrogen-bond acceptors (Lipinski definition) is 6. The van der Waals surface area contributed by atoms with Crippen LogP contribution in [0.5, 0.6) is 0 Å². The van der Waals surface area contributed by atoms with Gasteiger partial charge in [0, 0.05) is 49.9 Å². The summed E-state index contributed by atoms with van der Waals surface area (Å²) >= 11 is 1.44. The highest BCUT2D eigenvalue weighted by Crippen LogP contribution is 2.35. The minimum absolute atomic E-state index is 0.213. The highest BCUT2D eigenvalue weighted by Gasteiger charge is 2.29. The lowest BCUT2D eigenvalue weighted by atomic mass is 10.2. The van der Waals surface area contributed by atoms with Gasteiger partial charge in [-0.3, -0.25) is 9.69 Å². The summed E-state index contributed by atoms with van der Waals surface area (Å²) in [7, 11) is 0. The highest BCUT2D eigenvalue weighted by atomic mass is 32.2. The Morgan fingerprint density at radius 3 is 2.38 bits per heavy atom. The van der Waals surface area contributed by atoms with Gasteiger partial charge in [-0.1, -0.05) is 66.7 Å². The molecule has 198 valence electrons. The molecule has 0 unspecified atom stereocenters. The van der Waals surface area contributed by atoms with Crippen molar-refractivity contribution in [2.45, 2.75) is 6.54 Å². The number of para-hydroxylation sites is 2. The Balaban J connectivity index is 1.13. The van der Waals surface area contributed by atoms with E-state index in [9.17, 15) is 4.79 Å². The number of nitrogens with zero attached hydrogens (tertiary/aromatic N) is 5. The third-order valence-corrected chi connectivity index (χ3v) is 8.25. The van der Waals surface area contributed by atoms with E-state index in [0.717, 1.165) is 60.1 Å². The average Bonchev–Trinajstić information content (AvgIpc) is 3.71. The minimum Gasteiger partial charge on any atom is -0.454 e. The predicted molar refractivity (Wildman–Crippen MR) is 160 cm³/mol. The molecule has 1 amide bonds. The number of carbonyl (C=O) groups excluding carboxylic acids is 1. The first-order valence-electron chi connectivity index (χ1n) is 13.4. The molecule has 5 aromatic rings. The maximum absolute atomic E-state index is 13.0. The summed E-state index contributed by atoms with van der Waals surface area (Å²) in [6, 6.07) is 30.4. The second-order valence-electron chi connectivity index (χ2n) is 9.92. The van der Waals surface area contributed by atoms with Crippen LogP contribution in [0.1, 0.15) is 11.1 Å². The van der Waals surface area contributed by atoms with Crippen LogP contribution in [0.15, 0.2) is 112 Å². The van der Waals surface area contributed by atoms with Gasteiger partial charge in [0.15, 0.2) is 10.9 Å². The average molecular weight is 546 g/mol. The molecule has 0 spiro atoms. The Morgan fingerprint density at radius 2 is 1.60 bits per heavy atom. The first-order valence-corrected chi connectivity index (χ1v) is 14.2.